The third-order valence-electron chi connectivity index (χ3n) is 6.13. The Bertz CT molecular complexity index is 731. The van der Waals surface area contributed by atoms with Crippen LogP contribution in [0.5, 0.6) is 0 Å². The van der Waals surface area contributed by atoms with Crippen molar-refractivity contribution in [3.05, 3.63) is 54.6 Å². The number of hydrogen-bond acceptors (Lipinski definition) is 4. The van der Waals surface area contributed by atoms with Crippen molar-refractivity contribution in [1.29, 1.82) is 0 Å². The first-order valence-corrected chi connectivity index (χ1v) is 11.1. The third-order valence-corrected chi connectivity index (χ3v) is 8.51. The van der Waals surface area contributed by atoms with Crippen LogP contribution in [0.1, 0.15) is 12.8 Å². The topological polar surface area (TPSA) is 66.8 Å². The van der Waals surface area contributed by atoms with Gasteiger partial charge in [0.1, 0.15) is 0 Å². The molecule has 1 saturated heterocycles. The van der Waals surface area contributed by atoms with Gasteiger partial charge in [0.15, 0.2) is 0 Å². The minimum atomic E-state index is -0.633. The summed E-state index contributed by atoms with van der Waals surface area (Å²) >= 11 is 0.147. The van der Waals surface area contributed by atoms with E-state index in [2.05, 4.69) is 25.3 Å². The standard InChI is InChI=1S/C21H24O4Se/c1-11-8-17(23)19-15(10-26-13-6-4-3-5-7-13)21(24)25-20(19)18-12(2)16(22)9-14(11)18/h3-7,14-20,22-23H,1-2,8-10H2/t14?,15?,16-,17?,18?,19?,20+/m0/s1. The molecule has 2 N–H and O–H groups in total. The monoisotopic (exact) mass is 420 g/mol. The Kier molecular flexibility index (Phi) is 4.82. The molecule has 5 heteroatoms. The van der Waals surface area contributed by atoms with Crippen LogP contribution in [-0.4, -0.2) is 49.5 Å². The molecule has 5 unspecified atom stereocenters. The molecule has 1 aliphatic heterocycles. The van der Waals surface area contributed by atoms with Crippen LogP contribution in [0, 0.1) is 23.7 Å². The van der Waals surface area contributed by atoms with Gasteiger partial charge in [-0.3, -0.25) is 0 Å². The Morgan fingerprint density at radius 2 is 1.92 bits per heavy atom. The molecule has 1 aromatic rings. The van der Waals surface area contributed by atoms with Gasteiger partial charge in [0.25, 0.3) is 0 Å². The molecule has 4 rings (SSSR count). The Hall–Kier alpha value is -1.39. The first-order chi connectivity index (χ1) is 12.5. The normalized spacial score (nSPS) is 39.3. The summed E-state index contributed by atoms with van der Waals surface area (Å²) in [6.45, 7) is 8.22. The van der Waals surface area contributed by atoms with E-state index < -0.39 is 18.3 Å². The second-order valence-corrected chi connectivity index (χ2v) is 9.89. The molecule has 0 radical (unpaired) electrons. The molecule has 3 aliphatic rings. The molecule has 26 heavy (non-hydrogen) atoms. The molecule has 0 aromatic heterocycles. The number of aliphatic hydroxyl groups is 2. The number of carbonyl (C=O) groups is 1. The molecular formula is C21H24O4Se. The van der Waals surface area contributed by atoms with Crippen LogP contribution < -0.4 is 4.46 Å². The van der Waals surface area contributed by atoms with Crippen molar-refractivity contribution in [3.8, 4) is 0 Å². The van der Waals surface area contributed by atoms with E-state index in [0.29, 0.717) is 18.2 Å². The predicted molar refractivity (Wildman–Crippen MR) is 100 cm³/mol. The van der Waals surface area contributed by atoms with E-state index in [1.807, 2.05) is 18.2 Å². The Labute approximate surface area is 160 Å². The molecule has 2 saturated carbocycles. The van der Waals surface area contributed by atoms with Crippen LogP contribution >= 0.6 is 0 Å². The van der Waals surface area contributed by atoms with E-state index in [1.54, 1.807) is 0 Å². The molecular weight excluding hydrogens is 395 g/mol. The predicted octanol–water partition coefficient (Wildman–Crippen LogP) is 1.47. The summed E-state index contributed by atoms with van der Waals surface area (Å²) < 4.78 is 7.03. The van der Waals surface area contributed by atoms with E-state index >= 15 is 0 Å². The maximum atomic E-state index is 12.6. The van der Waals surface area contributed by atoms with Gasteiger partial charge in [-0.2, -0.15) is 0 Å². The molecule has 1 aromatic carbocycles. The summed E-state index contributed by atoms with van der Waals surface area (Å²) in [5, 5.41) is 21.8. The second-order valence-electron chi connectivity index (χ2n) is 7.60. The zero-order valence-corrected chi connectivity index (χ0v) is 16.3. The van der Waals surface area contributed by atoms with Gasteiger partial charge in [0.05, 0.1) is 0 Å². The van der Waals surface area contributed by atoms with Gasteiger partial charge in [-0.1, -0.05) is 0 Å². The summed E-state index contributed by atoms with van der Waals surface area (Å²) in [7, 11) is 0. The average Bonchev–Trinajstić information content (AvgIpc) is 3.07. The fourth-order valence-corrected chi connectivity index (χ4v) is 7.07. The summed E-state index contributed by atoms with van der Waals surface area (Å²) in [5.41, 5.74) is 1.67. The summed E-state index contributed by atoms with van der Waals surface area (Å²) in [6, 6.07) is 10.2. The van der Waals surface area contributed by atoms with Gasteiger partial charge in [-0.15, -0.1) is 0 Å². The van der Waals surface area contributed by atoms with Crippen LogP contribution in [0.4, 0.5) is 0 Å². The van der Waals surface area contributed by atoms with E-state index in [-0.39, 0.29) is 44.6 Å². The molecule has 0 spiro atoms. The van der Waals surface area contributed by atoms with Crippen molar-refractivity contribution in [2.24, 2.45) is 23.7 Å². The summed E-state index contributed by atoms with van der Waals surface area (Å²) in [5.74, 6) is -0.849. The maximum absolute atomic E-state index is 12.6. The number of esters is 1. The first kappa shape index (κ1) is 18.0. The Morgan fingerprint density at radius 3 is 2.65 bits per heavy atom. The molecule has 3 fully saturated rings. The summed E-state index contributed by atoms with van der Waals surface area (Å²) in [4.78, 5) is 12.6. The number of benzene rings is 1. The fraction of sp³-hybridized carbons (Fsp3) is 0.476. The fourth-order valence-electron chi connectivity index (χ4n) is 4.80. The first-order valence-electron chi connectivity index (χ1n) is 9.08. The zero-order chi connectivity index (χ0) is 18.4. The van der Waals surface area contributed by atoms with Crippen molar-refractivity contribution in [2.45, 2.75) is 36.5 Å². The van der Waals surface area contributed by atoms with Crippen LogP contribution in [0.3, 0.4) is 0 Å². The number of carbonyl (C=O) groups excluding carboxylic acids is 1. The van der Waals surface area contributed by atoms with Gasteiger partial charge in [-0.05, 0) is 0 Å². The quantitative estimate of drug-likeness (QED) is 0.443. The number of rotatable bonds is 3. The SMILES string of the molecule is C=C1CC(O)C2C(C[Se]c3ccccc3)C(=O)O[C@@H]2C2C(=C)[C@@H](O)CC12. The van der Waals surface area contributed by atoms with Gasteiger partial charge in [0.2, 0.25) is 0 Å². The number of hydrogen-bond donors (Lipinski definition) is 2. The van der Waals surface area contributed by atoms with Gasteiger partial charge in [0, 0.05) is 0 Å². The van der Waals surface area contributed by atoms with Gasteiger partial charge >= 0.3 is 160 Å². The number of ether oxygens (including phenoxy) is 1. The Balaban J connectivity index is 1.60. The van der Waals surface area contributed by atoms with Crippen molar-refractivity contribution in [1.82, 2.24) is 0 Å². The molecule has 0 bridgehead atoms. The molecule has 1 heterocycles. The van der Waals surface area contributed by atoms with Crippen LogP contribution in [-0.2, 0) is 9.53 Å². The van der Waals surface area contributed by atoms with Crippen LogP contribution in [0.2, 0.25) is 5.32 Å². The van der Waals surface area contributed by atoms with Crippen molar-refractivity contribution < 1.29 is 19.7 Å². The van der Waals surface area contributed by atoms with E-state index in [1.165, 1.54) is 4.46 Å². The minimum absolute atomic E-state index is 0.0355. The second kappa shape index (κ2) is 6.97. The van der Waals surface area contributed by atoms with Crippen molar-refractivity contribution >= 4 is 25.4 Å². The van der Waals surface area contributed by atoms with Crippen LogP contribution in [0.15, 0.2) is 54.6 Å². The zero-order valence-electron chi connectivity index (χ0n) is 14.6. The molecule has 0 amide bonds. The average molecular weight is 419 g/mol. The van der Waals surface area contributed by atoms with Crippen molar-refractivity contribution in [2.75, 3.05) is 0 Å². The van der Waals surface area contributed by atoms with E-state index in [9.17, 15) is 15.0 Å². The summed E-state index contributed by atoms with van der Waals surface area (Å²) in [6.07, 6.45) is -0.583. The van der Waals surface area contributed by atoms with E-state index in [0.717, 1.165) is 11.1 Å². The molecule has 138 valence electrons. The van der Waals surface area contributed by atoms with Crippen molar-refractivity contribution in [3.63, 3.8) is 0 Å². The van der Waals surface area contributed by atoms with E-state index in [4.69, 9.17) is 4.74 Å². The van der Waals surface area contributed by atoms with Crippen LogP contribution in [0.25, 0.3) is 0 Å². The van der Waals surface area contributed by atoms with Gasteiger partial charge in [-0.25, -0.2) is 0 Å². The molecule has 2 aliphatic carbocycles. The molecule has 4 nitrogen and oxygen atoms in total. The number of fused-ring (bicyclic) bond motifs is 3. The molecule has 7 atom stereocenters. The third kappa shape index (κ3) is 2.97. The van der Waals surface area contributed by atoms with Gasteiger partial charge < -0.3 is 0 Å². The number of aliphatic hydroxyl groups excluding tert-OH is 2. The Morgan fingerprint density at radius 1 is 1.19 bits per heavy atom.